The van der Waals surface area contributed by atoms with Gasteiger partial charge >= 0.3 is 0 Å². The molecule has 0 spiro atoms. The molecule has 4 heteroatoms. The summed E-state index contributed by atoms with van der Waals surface area (Å²) in [5, 5.41) is 4.19. The minimum Gasteiger partial charge on any atom is -0.375 e. The molecule has 1 aliphatic carbocycles. The van der Waals surface area contributed by atoms with Crippen molar-refractivity contribution in [3.8, 4) is 0 Å². The van der Waals surface area contributed by atoms with E-state index in [1.54, 1.807) is 11.3 Å². The molecule has 1 aromatic heterocycles. The molecule has 0 amide bonds. The Morgan fingerprint density at radius 3 is 3.25 bits per heavy atom. The molecule has 0 aliphatic heterocycles. The number of nitrogens with zero attached hydrogens (tertiary/aromatic N) is 1. The molecular weight excluding hydrogens is 220 g/mol. The number of hydrogen-bond donors (Lipinski definition) is 2. The number of hydrogen-bond acceptors (Lipinski definition) is 4. The molecule has 0 unspecified atom stereocenters. The molecule has 1 aliphatic rings. The molecule has 1 aromatic carbocycles. The van der Waals surface area contributed by atoms with E-state index in [-0.39, 0.29) is 0 Å². The molecule has 0 bridgehead atoms. The highest BCUT2D eigenvalue weighted by atomic mass is 32.1. The fourth-order valence-electron chi connectivity index (χ4n) is 2.54. The maximum atomic E-state index is 5.77. The van der Waals surface area contributed by atoms with E-state index in [0.29, 0.717) is 11.2 Å². The lowest BCUT2D eigenvalue weighted by Crippen LogP contribution is -2.28. The van der Waals surface area contributed by atoms with Crippen LogP contribution in [0.25, 0.3) is 10.2 Å². The zero-order valence-corrected chi connectivity index (χ0v) is 10.1. The van der Waals surface area contributed by atoms with Crippen LogP contribution in [0.3, 0.4) is 0 Å². The highest BCUT2D eigenvalue weighted by Crippen LogP contribution is 2.34. The second-order valence-corrected chi connectivity index (χ2v) is 5.30. The van der Waals surface area contributed by atoms with E-state index in [4.69, 9.17) is 5.73 Å². The van der Waals surface area contributed by atoms with Crippen LogP contribution in [0.1, 0.15) is 18.1 Å². The van der Waals surface area contributed by atoms with Gasteiger partial charge in [0.15, 0.2) is 5.13 Å². The summed E-state index contributed by atoms with van der Waals surface area (Å²) in [6, 6.07) is 4.89. The van der Waals surface area contributed by atoms with Crippen molar-refractivity contribution in [2.45, 2.75) is 25.8 Å². The van der Waals surface area contributed by atoms with Crippen LogP contribution in [-0.2, 0) is 12.8 Å². The molecule has 0 fully saturated rings. The topological polar surface area (TPSA) is 50.9 Å². The average Bonchev–Trinajstić information content (AvgIpc) is 2.79. The standard InChI is InChI=1S/C12H15N3S/c1-2-14-8-5-7-3-4-10-11(9(7)6-8)16-12(13)15-10/h3-4,8,14H,2,5-6H2,1H3,(H2,13,15)/t8-/m0/s1/i12+2. The predicted molar refractivity (Wildman–Crippen MR) is 68.9 cm³/mol. The quantitative estimate of drug-likeness (QED) is 0.836. The highest BCUT2D eigenvalue weighted by Gasteiger charge is 2.23. The summed E-state index contributed by atoms with van der Waals surface area (Å²) < 4.78 is 1.29. The molecule has 3 nitrogen and oxygen atoms in total. The van der Waals surface area contributed by atoms with Crippen LogP contribution in [0.4, 0.5) is 5.13 Å². The van der Waals surface area contributed by atoms with E-state index in [1.807, 2.05) is 0 Å². The third kappa shape index (κ3) is 1.49. The van der Waals surface area contributed by atoms with Crippen LogP contribution in [0.15, 0.2) is 12.1 Å². The first kappa shape index (κ1) is 10.1. The summed E-state index contributed by atoms with van der Waals surface area (Å²) >= 11 is 1.62. The number of benzene rings is 1. The number of nitrogen functional groups attached to an aromatic ring is 1. The minimum atomic E-state index is 0.592. The third-order valence-electron chi connectivity index (χ3n) is 3.18. The van der Waals surface area contributed by atoms with Gasteiger partial charge in [-0.25, -0.2) is 4.98 Å². The molecule has 0 saturated carbocycles. The largest absolute Gasteiger partial charge is 0.375 e. The number of thiazole rings is 1. The Kier molecular flexibility index (Phi) is 2.33. The Balaban J connectivity index is 2.06. The molecule has 0 saturated heterocycles. The van der Waals surface area contributed by atoms with Crippen LogP contribution >= 0.6 is 11.3 Å². The first-order valence-electron chi connectivity index (χ1n) is 5.68. The maximum absolute atomic E-state index is 5.77. The lowest BCUT2D eigenvalue weighted by molar-refractivity contribution is 0.552. The zero-order valence-electron chi connectivity index (χ0n) is 9.29. The van der Waals surface area contributed by atoms with Crippen LogP contribution < -0.4 is 11.1 Å². The number of rotatable bonds is 2. The fraction of sp³-hybridized carbons (Fsp3) is 0.417. The van der Waals surface area contributed by atoms with Crippen LogP contribution in [0, 0.1) is 0 Å². The molecule has 16 heavy (non-hydrogen) atoms. The molecule has 2 aromatic rings. The number of nitrogens with two attached hydrogens (primary N) is 1. The summed E-state index contributed by atoms with van der Waals surface area (Å²) in [5.74, 6) is 0. The number of anilines is 1. The third-order valence-corrected chi connectivity index (χ3v) is 4.14. The van der Waals surface area contributed by atoms with Crippen LogP contribution in [0.2, 0.25) is 0 Å². The molecule has 1 atom stereocenters. The van der Waals surface area contributed by atoms with E-state index in [2.05, 4.69) is 29.4 Å². The van der Waals surface area contributed by atoms with E-state index in [9.17, 15) is 0 Å². The Bertz CT molecular complexity index is 532. The maximum Gasteiger partial charge on any atom is 0.181 e. The summed E-state index contributed by atoms with van der Waals surface area (Å²) in [7, 11) is 0. The van der Waals surface area contributed by atoms with Crippen molar-refractivity contribution in [3.05, 3.63) is 23.3 Å². The first-order valence-corrected chi connectivity index (χ1v) is 6.49. The smallest absolute Gasteiger partial charge is 0.181 e. The van der Waals surface area contributed by atoms with Crippen molar-refractivity contribution in [1.29, 1.82) is 0 Å². The van der Waals surface area contributed by atoms with Crippen molar-refractivity contribution in [1.82, 2.24) is 10.3 Å². The Morgan fingerprint density at radius 2 is 2.44 bits per heavy atom. The second kappa shape index (κ2) is 3.71. The average molecular weight is 235 g/mol. The van der Waals surface area contributed by atoms with Crippen molar-refractivity contribution in [2.75, 3.05) is 12.3 Å². The van der Waals surface area contributed by atoms with Gasteiger partial charge in [0, 0.05) is 6.04 Å². The van der Waals surface area contributed by atoms with Gasteiger partial charge in [0.2, 0.25) is 0 Å². The van der Waals surface area contributed by atoms with Crippen LogP contribution in [-0.4, -0.2) is 17.6 Å². The van der Waals surface area contributed by atoms with Crippen molar-refractivity contribution >= 4 is 26.7 Å². The van der Waals surface area contributed by atoms with Gasteiger partial charge in [0.1, 0.15) is 0 Å². The van der Waals surface area contributed by atoms with Gasteiger partial charge in [-0.15, -0.1) is 0 Å². The number of nitrogens with one attached hydrogen (secondary N) is 1. The van der Waals surface area contributed by atoms with Crippen molar-refractivity contribution in [2.24, 2.45) is 0 Å². The number of fused-ring (bicyclic) bond motifs is 3. The summed E-state index contributed by atoms with van der Waals surface area (Å²) in [6.07, 6.45) is 2.25. The van der Waals surface area contributed by atoms with E-state index in [0.717, 1.165) is 24.9 Å². The monoisotopic (exact) mass is 235 g/mol. The Morgan fingerprint density at radius 1 is 1.56 bits per heavy atom. The number of likely N-dealkylation sites (N-methyl/N-ethyl adjacent to an activating group) is 1. The molecule has 3 N–H and O–H groups in total. The second-order valence-electron chi connectivity index (χ2n) is 4.27. The Hall–Kier alpha value is -1.13. The van der Waals surface area contributed by atoms with E-state index < -0.39 is 0 Å². The SMILES string of the molecule is CCN[C@H]1Cc2ccc3n[14c](N)sc3c2C1. The van der Waals surface area contributed by atoms with E-state index in [1.165, 1.54) is 15.8 Å². The zero-order chi connectivity index (χ0) is 11.1. The van der Waals surface area contributed by atoms with Gasteiger partial charge < -0.3 is 11.1 Å². The first-order chi connectivity index (χ1) is 7.78. The molecule has 84 valence electrons. The lowest BCUT2D eigenvalue weighted by Gasteiger charge is -2.08. The van der Waals surface area contributed by atoms with Gasteiger partial charge in [0.25, 0.3) is 0 Å². The van der Waals surface area contributed by atoms with E-state index >= 15 is 0 Å². The summed E-state index contributed by atoms with van der Waals surface area (Å²) in [6.45, 7) is 3.19. The van der Waals surface area contributed by atoms with Crippen LogP contribution in [0.5, 0.6) is 0 Å². The summed E-state index contributed by atoms with van der Waals surface area (Å²) in [4.78, 5) is 4.34. The normalized spacial score (nSPS) is 19.2. The minimum absolute atomic E-state index is 0.592. The van der Waals surface area contributed by atoms with Crippen molar-refractivity contribution in [3.63, 3.8) is 0 Å². The van der Waals surface area contributed by atoms with Gasteiger partial charge in [0.05, 0.1) is 10.2 Å². The lowest BCUT2D eigenvalue weighted by atomic mass is 10.1. The summed E-state index contributed by atoms with van der Waals surface area (Å²) in [5.41, 5.74) is 9.74. The molecule has 1 heterocycles. The van der Waals surface area contributed by atoms with Gasteiger partial charge in [-0.1, -0.05) is 24.3 Å². The highest BCUT2D eigenvalue weighted by molar-refractivity contribution is 7.22. The molecule has 3 rings (SSSR count). The molecule has 0 radical (unpaired) electrons. The van der Waals surface area contributed by atoms with Crippen molar-refractivity contribution < 1.29 is 0 Å². The Labute approximate surface area is 98.7 Å². The van der Waals surface area contributed by atoms with Gasteiger partial charge in [-0.05, 0) is 36.6 Å². The van der Waals surface area contributed by atoms with Gasteiger partial charge in [-0.3, -0.25) is 0 Å². The van der Waals surface area contributed by atoms with Gasteiger partial charge in [-0.2, -0.15) is 0 Å². The fourth-order valence-corrected chi connectivity index (χ4v) is 3.45. The predicted octanol–water partition coefficient (Wildman–Crippen LogP) is 1.96. The number of aromatic nitrogens is 1. The molecular formula is C12H15N3S.